The van der Waals surface area contributed by atoms with Gasteiger partial charge in [-0.05, 0) is 63.7 Å². The maximum absolute atomic E-state index is 14.1. The summed E-state index contributed by atoms with van der Waals surface area (Å²) in [5.74, 6) is 1.18. The van der Waals surface area contributed by atoms with Gasteiger partial charge in [-0.3, -0.25) is 14.3 Å². The van der Waals surface area contributed by atoms with Crippen LogP contribution in [0, 0.1) is 0 Å². The molecule has 2 aromatic heterocycles. The van der Waals surface area contributed by atoms with E-state index in [1.54, 1.807) is 30.3 Å². The zero-order valence-electron chi connectivity index (χ0n) is 22.6. The van der Waals surface area contributed by atoms with Crippen molar-refractivity contribution in [2.75, 3.05) is 56.2 Å². The fourth-order valence-electron chi connectivity index (χ4n) is 5.96. The van der Waals surface area contributed by atoms with E-state index in [0.717, 1.165) is 38.8 Å². The molecule has 2 aliphatic heterocycles. The second-order valence-corrected chi connectivity index (χ2v) is 10.8. The van der Waals surface area contributed by atoms with Gasteiger partial charge in [0.05, 0.1) is 30.8 Å². The van der Waals surface area contributed by atoms with Gasteiger partial charge in [0.1, 0.15) is 11.6 Å². The monoisotopic (exact) mass is 554 g/mol. The van der Waals surface area contributed by atoms with Gasteiger partial charge in [0.25, 0.3) is 6.43 Å². The number of hydrogen-bond acceptors (Lipinski definition) is 8. The average Bonchev–Trinajstić information content (AvgIpc) is 3.62. The lowest BCUT2D eigenvalue weighted by molar-refractivity contribution is -0.122. The topological polar surface area (TPSA) is 100 Å². The number of fused-ring (bicyclic) bond motifs is 1. The van der Waals surface area contributed by atoms with Crippen molar-refractivity contribution in [2.45, 2.75) is 57.0 Å². The van der Waals surface area contributed by atoms with E-state index in [1.807, 2.05) is 4.90 Å². The number of nitrogens with zero attached hydrogens (tertiary/aromatic N) is 6. The Morgan fingerprint density at radius 2 is 1.70 bits per heavy atom. The van der Waals surface area contributed by atoms with Crippen LogP contribution in [-0.4, -0.2) is 88.3 Å². The summed E-state index contributed by atoms with van der Waals surface area (Å²) in [7, 11) is 0. The van der Waals surface area contributed by atoms with Gasteiger partial charge in [0.15, 0.2) is 5.82 Å². The zero-order chi connectivity index (χ0) is 27.5. The molecule has 0 atom stereocenters. The number of para-hydroxylation sites is 2. The van der Waals surface area contributed by atoms with E-state index in [1.165, 1.54) is 17.4 Å². The second-order valence-electron chi connectivity index (χ2n) is 10.8. The minimum atomic E-state index is -2.76. The van der Waals surface area contributed by atoms with Crippen LogP contribution in [0.5, 0.6) is 0 Å². The Bertz CT molecular complexity index is 1310. The summed E-state index contributed by atoms with van der Waals surface area (Å²) < 4.78 is 35.2. The molecular formula is C28H36F2N8O2. The number of halogens is 2. The maximum atomic E-state index is 14.1. The Morgan fingerprint density at radius 3 is 2.45 bits per heavy atom. The van der Waals surface area contributed by atoms with Gasteiger partial charge in [0, 0.05) is 31.2 Å². The van der Waals surface area contributed by atoms with Crippen molar-refractivity contribution in [3.8, 4) is 5.82 Å². The lowest BCUT2D eigenvalue weighted by atomic mass is 9.91. The molecule has 3 fully saturated rings. The smallest absolute Gasteiger partial charge is 0.296 e. The van der Waals surface area contributed by atoms with Crippen LogP contribution in [0.3, 0.4) is 0 Å². The number of likely N-dealkylation sites (tertiary alicyclic amines) is 1. The first-order valence-electron chi connectivity index (χ1n) is 14.3. The SMILES string of the molecule is O=C(CN1CCCC1)N[C@H]1CC[C@H](Nc2cc(-n3c(C(F)F)nc4ccccc43)nc(N3CCOCC3)n2)CC1. The van der Waals surface area contributed by atoms with Crippen molar-refractivity contribution in [3.63, 3.8) is 0 Å². The number of amides is 1. The van der Waals surface area contributed by atoms with Gasteiger partial charge in [-0.15, -0.1) is 0 Å². The molecule has 0 spiro atoms. The third-order valence-corrected chi connectivity index (χ3v) is 8.02. The molecule has 1 amide bonds. The van der Waals surface area contributed by atoms with Crippen molar-refractivity contribution < 1.29 is 18.3 Å². The van der Waals surface area contributed by atoms with Gasteiger partial charge < -0.3 is 20.3 Å². The zero-order valence-corrected chi connectivity index (χ0v) is 22.6. The Labute approximate surface area is 232 Å². The van der Waals surface area contributed by atoms with Crippen molar-refractivity contribution in [3.05, 3.63) is 36.2 Å². The minimum absolute atomic E-state index is 0.108. The van der Waals surface area contributed by atoms with Gasteiger partial charge in [0.2, 0.25) is 11.9 Å². The quantitative estimate of drug-likeness (QED) is 0.436. The summed E-state index contributed by atoms with van der Waals surface area (Å²) in [6, 6.07) is 9.15. The van der Waals surface area contributed by atoms with E-state index in [-0.39, 0.29) is 23.8 Å². The number of carbonyl (C=O) groups is 1. The molecule has 0 radical (unpaired) electrons. The first kappa shape index (κ1) is 26.8. The summed E-state index contributed by atoms with van der Waals surface area (Å²) >= 11 is 0. The van der Waals surface area contributed by atoms with Crippen LogP contribution < -0.4 is 15.5 Å². The fraction of sp³-hybridized carbons (Fsp3) is 0.571. The molecule has 3 aromatic rings. The first-order valence-corrected chi connectivity index (χ1v) is 14.3. The molecule has 2 saturated heterocycles. The highest BCUT2D eigenvalue weighted by molar-refractivity contribution is 5.79. The summed E-state index contributed by atoms with van der Waals surface area (Å²) in [5.41, 5.74) is 1.06. The molecule has 3 aliphatic rings. The lowest BCUT2D eigenvalue weighted by Gasteiger charge is -2.31. The molecule has 0 bridgehead atoms. The lowest BCUT2D eigenvalue weighted by Crippen LogP contribution is -2.44. The Balaban J connectivity index is 1.20. The fourth-order valence-corrected chi connectivity index (χ4v) is 5.96. The third-order valence-electron chi connectivity index (χ3n) is 8.02. The van der Waals surface area contributed by atoms with Crippen LogP contribution in [0.2, 0.25) is 0 Å². The molecular weight excluding hydrogens is 518 g/mol. The van der Waals surface area contributed by atoms with Gasteiger partial charge in [-0.25, -0.2) is 13.8 Å². The minimum Gasteiger partial charge on any atom is -0.378 e. The van der Waals surface area contributed by atoms with Gasteiger partial charge in [-0.2, -0.15) is 9.97 Å². The molecule has 10 nitrogen and oxygen atoms in total. The van der Waals surface area contributed by atoms with Crippen molar-refractivity contribution >= 4 is 28.7 Å². The van der Waals surface area contributed by atoms with E-state index in [0.29, 0.717) is 61.5 Å². The number of carbonyl (C=O) groups excluding carboxylic acids is 1. The standard InChI is InChI=1S/C28H36F2N8O2/c29-26(30)27-33-21-5-1-2-6-22(21)38(27)24-17-23(34-28(35-24)37-13-15-40-16-14-37)31-19-7-9-20(10-8-19)32-25(39)18-36-11-3-4-12-36/h1-2,5-6,17,19-20,26H,3-4,7-16,18H2,(H,32,39)(H,31,34,35)/t19-,20-. The maximum Gasteiger partial charge on any atom is 0.296 e. The Hall–Kier alpha value is -3.38. The number of imidazole rings is 1. The molecule has 12 heteroatoms. The highest BCUT2D eigenvalue weighted by atomic mass is 19.3. The van der Waals surface area contributed by atoms with E-state index >= 15 is 0 Å². The normalized spacial score (nSPS) is 22.2. The van der Waals surface area contributed by atoms with Gasteiger partial charge in [-0.1, -0.05) is 12.1 Å². The van der Waals surface area contributed by atoms with E-state index in [9.17, 15) is 13.6 Å². The molecule has 40 heavy (non-hydrogen) atoms. The van der Waals surface area contributed by atoms with Crippen LogP contribution in [0.15, 0.2) is 30.3 Å². The van der Waals surface area contributed by atoms with E-state index in [4.69, 9.17) is 14.7 Å². The predicted octanol–water partition coefficient (Wildman–Crippen LogP) is 3.52. The van der Waals surface area contributed by atoms with E-state index < -0.39 is 6.43 Å². The van der Waals surface area contributed by atoms with Crippen molar-refractivity contribution in [2.24, 2.45) is 0 Å². The molecule has 1 aliphatic carbocycles. The predicted molar refractivity (Wildman–Crippen MR) is 148 cm³/mol. The number of benzene rings is 1. The number of nitrogens with one attached hydrogen (secondary N) is 2. The molecule has 2 N–H and O–H groups in total. The van der Waals surface area contributed by atoms with E-state index in [2.05, 4.69) is 20.5 Å². The highest BCUT2D eigenvalue weighted by Gasteiger charge is 2.26. The number of rotatable bonds is 8. The molecule has 0 unspecified atom stereocenters. The molecule has 214 valence electrons. The van der Waals surface area contributed by atoms with Crippen LogP contribution >= 0.6 is 0 Å². The van der Waals surface area contributed by atoms with Crippen LogP contribution in [0.25, 0.3) is 16.9 Å². The largest absolute Gasteiger partial charge is 0.378 e. The summed E-state index contributed by atoms with van der Waals surface area (Å²) in [4.78, 5) is 30.4. The summed E-state index contributed by atoms with van der Waals surface area (Å²) in [6.07, 6.45) is 3.07. The highest BCUT2D eigenvalue weighted by Crippen LogP contribution is 2.30. The van der Waals surface area contributed by atoms with Crippen molar-refractivity contribution in [1.29, 1.82) is 0 Å². The Kier molecular flexibility index (Phi) is 8.05. The van der Waals surface area contributed by atoms with Crippen LogP contribution in [0.1, 0.15) is 50.8 Å². The van der Waals surface area contributed by atoms with Gasteiger partial charge >= 0.3 is 0 Å². The van der Waals surface area contributed by atoms with Crippen LogP contribution in [-0.2, 0) is 9.53 Å². The summed E-state index contributed by atoms with van der Waals surface area (Å²) in [6.45, 7) is 4.85. The number of alkyl halides is 2. The molecule has 1 saturated carbocycles. The second kappa shape index (κ2) is 12.0. The number of aromatic nitrogens is 4. The first-order chi connectivity index (χ1) is 19.5. The number of hydrogen-bond donors (Lipinski definition) is 2. The number of anilines is 2. The average molecular weight is 555 g/mol. The molecule has 4 heterocycles. The van der Waals surface area contributed by atoms with Crippen LogP contribution in [0.4, 0.5) is 20.5 Å². The number of ether oxygens (including phenoxy) is 1. The molecule has 1 aromatic carbocycles. The Morgan fingerprint density at radius 1 is 0.975 bits per heavy atom. The molecule has 6 rings (SSSR count). The third kappa shape index (κ3) is 6.02. The van der Waals surface area contributed by atoms with Crippen molar-refractivity contribution in [1.82, 2.24) is 29.7 Å². The summed E-state index contributed by atoms with van der Waals surface area (Å²) in [5, 5.41) is 6.75. The number of morpholine rings is 1.